The summed E-state index contributed by atoms with van der Waals surface area (Å²) in [6, 6.07) is 0.876. The summed E-state index contributed by atoms with van der Waals surface area (Å²) < 4.78 is 0. The van der Waals surface area contributed by atoms with Gasteiger partial charge in [-0.25, -0.2) is 0 Å². The molecule has 0 spiro atoms. The fourth-order valence-electron chi connectivity index (χ4n) is 3.75. The minimum atomic E-state index is 0.0419. The van der Waals surface area contributed by atoms with Gasteiger partial charge in [-0.1, -0.05) is 19.3 Å². The highest BCUT2D eigenvalue weighted by atomic mass is 16.2. The fraction of sp³-hybridized carbons (Fsp3) is 0.875. The van der Waals surface area contributed by atoms with Crippen LogP contribution in [0.15, 0.2) is 0 Å². The zero-order valence-electron chi connectivity index (χ0n) is 12.5. The number of rotatable bonds is 3. The van der Waals surface area contributed by atoms with E-state index in [0.717, 1.165) is 32.1 Å². The Morgan fingerprint density at radius 1 is 1.10 bits per heavy atom. The van der Waals surface area contributed by atoms with Crippen LogP contribution in [0.25, 0.3) is 0 Å². The monoisotopic (exact) mass is 278 g/mol. The maximum Gasteiger partial charge on any atom is 0.227 e. The molecule has 3 aliphatic rings. The molecule has 1 saturated heterocycles. The molecule has 0 bridgehead atoms. The van der Waals surface area contributed by atoms with Crippen LogP contribution < -0.4 is 0 Å². The molecule has 0 N–H and O–H groups in total. The van der Waals surface area contributed by atoms with Gasteiger partial charge in [0, 0.05) is 32.1 Å². The SMILES string of the molecule is CN(C(=O)C1CCC(=O)N(C2CC2)C1)C1CCCCC1. The van der Waals surface area contributed by atoms with Crippen molar-refractivity contribution < 1.29 is 9.59 Å². The van der Waals surface area contributed by atoms with Crippen LogP contribution in [0.2, 0.25) is 0 Å². The van der Waals surface area contributed by atoms with Crippen LogP contribution in [-0.4, -0.2) is 47.3 Å². The van der Waals surface area contributed by atoms with E-state index >= 15 is 0 Å². The van der Waals surface area contributed by atoms with Gasteiger partial charge in [0.2, 0.25) is 11.8 Å². The Kier molecular flexibility index (Phi) is 3.99. The summed E-state index contributed by atoms with van der Waals surface area (Å²) in [4.78, 5) is 28.6. The average molecular weight is 278 g/mol. The van der Waals surface area contributed by atoms with Crippen LogP contribution in [0.1, 0.15) is 57.8 Å². The van der Waals surface area contributed by atoms with Crippen LogP contribution >= 0.6 is 0 Å². The molecule has 2 saturated carbocycles. The van der Waals surface area contributed by atoms with Crippen molar-refractivity contribution in [3.05, 3.63) is 0 Å². The predicted octanol–water partition coefficient (Wildman–Crippen LogP) is 2.18. The minimum Gasteiger partial charge on any atom is -0.342 e. The van der Waals surface area contributed by atoms with E-state index in [0.29, 0.717) is 25.0 Å². The van der Waals surface area contributed by atoms with Crippen molar-refractivity contribution in [2.24, 2.45) is 5.92 Å². The molecule has 0 aromatic rings. The van der Waals surface area contributed by atoms with Crippen molar-refractivity contribution >= 4 is 11.8 Å². The van der Waals surface area contributed by atoms with E-state index < -0.39 is 0 Å². The molecule has 0 aromatic carbocycles. The van der Waals surface area contributed by atoms with Crippen molar-refractivity contribution in [1.29, 1.82) is 0 Å². The second-order valence-electron chi connectivity index (χ2n) is 6.75. The van der Waals surface area contributed by atoms with Crippen molar-refractivity contribution in [2.45, 2.75) is 69.9 Å². The molecule has 2 amide bonds. The van der Waals surface area contributed by atoms with Gasteiger partial charge in [-0.3, -0.25) is 9.59 Å². The number of carbonyl (C=O) groups is 2. The first-order valence-corrected chi connectivity index (χ1v) is 8.23. The normalized spacial score (nSPS) is 28.6. The molecule has 20 heavy (non-hydrogen) atoms. The molecule has 2 aliphatic carbocycles. The third kappa shape index (κ3) is 2.84. The van der Waals surface area contributed by atoms with Gasteiger partial charge >= 0.3 is 0 Å². The molecule has 1 atom stereocenters. The maximum atomic E-state index is 12.7. The lowest BCUT2D eigenvalue weighted by atomic mass is 9.91. The Bertz CT molecular complexity index is 386. The van der Waals surface area contributed by atoms with Gasteiger partial charge in [0.05, 0.1) is 5.92 Å². The highest BCUT2D eigenvalue weighted by Gasteiger charge is 2.39. The molecule has 0 radical (unpaired) electrons. The summed E-state index contributed by atoms with van der Waals surface area (Å²) in [5.41, 5.74) is 0. The maximum absolute atomic E-state index is 12.7. The molecule has 1 heterocycles. The van der Waals surface area contributed by atoms with Gasteiger partial charge in [-0.15, -0.1) is 0 Å². The quantitative estimate of drug-likeness (QED) is 0.794. The predicted molar refractivity (Wildman–Crippen MR) is 77.1 cm³/mol. The largest absolute Gasteiger partial charge is 0.342 e. The summed E-state index contributed by atoms with van der Waals surface area (Å²) in [6.07, 6.45) is 9.69. The van der Waals surface area contributed by atoms with Crippen LogP contribution in [0.5, 0.6) is 0 Å². The molecule has 1 unspecified atom stereocenters. The number of hydrogen-bond acceptors (Lipinski definition) is 2. The Morgan fingerprint density at radius 3 is 2.45 bits per heavy atom. The average Bonchev–Trinajstić information content (AvgIpc) is 3.32. The molecule has 3 fully saturated rings. The van der Waals surface area contributed by atoms with Crippen LogP contribution in [0, 0.1) is 5.92 Å². The van der Waals surface area contributed by atoms with Gasteiger partial charge < -0.3 is 9.80 Å². The standard InChI is InChI=1S/C16H26N2O2/c1-17(13-5-3-2-4-6-13)16(20)12-7-10-15(19)18(11-12)14-8-9-14/h12-14H,2-11H2,1H3. The summed E-state index contributed by atoms with van der Waals surface area (Å²) >= 11 is 0. The number of hydrogen-bond donors (Lipinski definition) is 0. The first-order chi connectivity index (χ1) is 9.66. The van der Waals surface area contributed by atoms with E-state index in [1.54, 1.807) is 0 Å². The molecule has 112 valence electrons. The van der Waals surface area contributed by atoms with E-state index in [1.807, 2.05) is 16.8 Å². The van der Waals surface area contributed by atoms with E-state index in [4.69, 9.17) is 0 Å². The van der Waals surface area contributed by atoms with Gasteiger partial charge in [-0.2, -0.15) is 0 Å². The molecular weight excluding hydrogens is 252 g/mol. The first kappa shape index (κ1) is 13.9. The Balaban J connectivity index is 1.59. The fourth-order valence-corrected chi connectivity index (χ4v) is 3.75. The Hall–Kier alpha value is -1.06. The van der Waals surface area contributed by atoms with E-state index in [-0.39, 0.29) is 17.7 Å². The topological polar surface area (TPSA) is 40.6 Å². The number of amides is 2. The smallest absolute Gasteiger partial charge is 0.227 e. The number of likely N-dealkylation sites (tertiary alicyclic amines) is 1. The third-order valence-corrected chi connectivity index (χ3v) is 5.25. The van der Waals surface area contributed by atoms with Gasteiger partial charge in [-0.05, 0) is 32.1 Å². The number of carbonyl (C=O) groups excluding carboxylic acids is 2. The second kappa shape index (κ2) is 5.74. The van der Waals surface area contributed by atoms with Crippen LogP contribution in [0.3, 0.4) is 0 Å². The van der Waals surface area contributed by atoms with E-state index in [2.05, 4.69) is 0 Å². The van der Waals surface area contributed by atoms with Crippen molar-refractivity contribution in [3.63, 3.8) is 0 Å². The van der Waals surface area contributed by atoms with Crippen LogP contribution in [0.4, 0.5) is 0 Å². The molecule has 0 aromatic heterocycles. The zero-order chi connectivity index (χ0) is 14.1. The third-order valence-electron chi connectivity index (χ3n) is 5.25. The zero-order valence-corrected chi connectivity index (χ0v) is 12.5. The lowest BCUT2D eigenvalue weighted by Crippen LogP contribution is -2.49. The van der Waals surface area contributed by atoms with Crippen molar-refractivity contribution in [1.82, 2.24) is 9.80 Å². The lowest BCUT2D eigenvalue weighted by Gasteiger charge is -2.37. The molecule has 3 rings (SSSR count). The van der Waals surface area contributed by atoms with E-state index in [9.17, 15) is 9.59 Å². The molecule has 4 heteroatoms. The Morgan fingerprint density at radius 2 is 1.80 bits per heavy atom. The molecular formula is C16H26N2O2. The number of nitrogens with zero attached hydrogens (tertiary/aromatic N) is 2. The summed E-state index contributed by atoms with van der Waals surface area (Å²) in [5.74, 6) is 0.576. The first-order valence-electron chi connectivity index (χ1n) is 8.23. The molecule has 4 nitrogen and oxygen atoms in total. The lowest BCUT2D eigenvalue weighted by molar-refractivity contribution is -0.144. The minimum absolute atomic E-state index is 0.0419. The summed E-state index contributed by atoms with van der Waals surface area (Å²) in [6.45, 7) is 0.666. The van der Waals surface area contributed by atoms with Crippen molar-refractivity contribution in [3.8, 4) is 0 Å². The van der Waals surface area contributed by atoms with E-state index in [1.165, 1.54) is 19.3 Å². The van der Waals surface area contributed by atoms with Gasteiger partial charge in [0.15, 0.2) is 0 Å². The van der Waals surface area contributed by atoms with Gasteiger partial charge in [0.1, 0.15) is 0 Å². The van der Waals surface area contributed by atoms with Crippen LogP contribution in [-0.2, 0) is 9.59 Å². The van der Waals surface area contributed by atoms with Gasteiger partial charge in [0.25, 0.3) is 0 Å². The second-order valence-corrected chi connectivity index (χ2v) is 6.75. The Labute approximate surface area is 121 Å². The molecule has 1 aliphatic heterocycles. The number of piperidine rings is 1. The summed E-state index contributed by atoms with van der Waals surface area (Å²) in [7, 11) is 1.97. The highest BCUT2D eigenvalue weighted by Crippen LogP contribution is 2.33. The van der Waals surface area contributed by atoms with Crippen molar-refractivity contribution in [2.75, 3.05) is 13.6 Å². The summed E-state index contributed by atoms with van der Waals surface area (Å²) in [5, 5.41) is 0. The highest BCUT2D eigenvalue weighted by molar-refractivity contribution is 5.84.